The Hall–Kier alpha value is -3.76. The standard InChI is InChI=1S/C27H33F2N5O4/c1-2-3-16-37-24(35)17-22(20-9-11-23(31-18-20)38-26(28)29)34-15-14-33(27(34)36)13-5-7-21-10-8-19-6-4-12-30-25(19)32-21/h8-11,14-15,18,22,26H,2-7,12-13,16-17H2,1H3,(H,30,32)/t22-/m0/s1. The molecule has 0 amide bonds. The van der Waals surface area contributed by atoms with E-state index < -0.39 is 18.6 Å². The first-order valence-corrected chi connectivity index (χ1v) is 13.0. The largest absolute Gasteiger partial charge is 0.466 e. The molecule has 1 aliphatic heterocycles. The molecular formula is C27H33F2N5O4. The Bertz CT molecular complexity index is 1260. The average molecular weight is 530 g/mol. The number of carbonyl (C=O) groups excluding carboxylic acids is 1. The van der Waals surface area contributed by atoms with Crippen molar-refractivity contribution in [2.75, 3.05) is 18.5 Å². The highest BCUT2D eigenvalue weighted by Gasteiger charge is 2.22. The maximum Gasteiger partial charge on any atom is 0.388 e. The summed E-state index contributed by atoms with van der Waals surface area (Å²) < 4.78 is 37.7. The second-order valence-electron chi connectivity index (χ2n) is 9.23. The van der Waals surface area contributed by atoms with Crippen molar-refractivity contribution in [1.82, 2.24) is 19.1 Å². The van der Waals surface area contributed by atoms with Crippen molar-refractivity contribution in [2.45, 2.75) is 71.1 Å². The van der Waals surface area contributed by atoms with E-state index in [0.717, 1.165) is 50.2 Å². The molecule has 0 bridgehead atoms. The second kappa shape index (κ2) is 13.2. The van der Waals surface area contributed by atoms with Crippen LogP contribution in [0.5, 0.6) is 5.88 Å². The van der Waals surface area contributed by atoms with E-state index in [2.05, 4.69) is 21.1 Å². The molecule has 4 rings (SSSR count). The van der Waals surface area contributed by atoms with Crippen LogP contribution in [0.2, 0.25) is 0 Å². The van der Waals surface area contributed by atoms with Gasteiger partial charge in [0.25, 0.3) is 0 Å². The molecule has 0 aliphatic carbocycles. The monoisotopic (exact) mass is 529 g/mol. The molecule has 9 nitrogen and oxygen atoms in total. The molecule has 1 atom stereocenters. The lowest BCUT2D eigenvalue weighted by molar-refractivity contribution is -0.144. The van der Waals surface area contributed by atoms with E-state index in [1.54, 1.807) is 17.0 Å². The number of nitrogens with one attached hydrogen (secondary N) is 1. The van der Waals surface area contributed by atoms with Gasteiger partial charge in [0.1, 0.15) is 5.82 Å². The Labute approximate surface area is 219 Å². The van der Waals surface area contributed by atoms with Crippen LogP contribution in [-0.2, 0) is 28.9 Å². The summed E-state index contributed by atoms with van der Waals surface area (Å²) in [7, 11) is 0. The fourth-order valence-electron chi connectivity index (χ4n) is 4.45. The molecule has 38 heavy (non-hydrogen) atoms. The van der Waals surface area contributed by atoms with E-state index in [0.29, 0.717) is 25.1 Å². The fraction of sp³-hybridized carbons (Fsp3) is 0.481. The second-order valence-corrected chi connectivity index (χ2v) is 9.23. The number of halogens is 2. The van der Waals surface area contributed by atoms with Gasteiger partial charge in [0.05, 0.1) is 19.1 Å². The van der Waals surface area contributed by atoms with Crippen LogP contribution in [0.15, 0.2) is 47.7 Å². The molecule has 1 N–H and O–H groups in total. The molecule has 0 fully saturated rings. The normalized spacial score (nSPS) is 13.6. The van der Waals surface area contributed by atoms with Crippen LogP contribution in [0, 0.1) is 0 Å². The lowest BCUT2D eigenvalue weighted by Gasteiger charge is -2.18. The number of hydrogen-bond donors (Lipinski definition) is 1. The van der Waals surface area contributed by atoms with Crippen LogP contribution in [0.3, 0.4) is 0 Å². The Balaban J connectivity index is 1.46. The molecule has 1 aliphatic rings. The minimum atomic E-state index is -3.00. The number of nitrogens with zero attached hydrogens (tertiary/aromatic N) is 4. The lowest BCUT2D eigenvalue weighted by atomic mass is 10.1. The molecule has 204 valence electrons. The summed E-state index contributed by atoms with van der Waals surface area (Å²) in [5.74, 6) is 0.247. The summed E-state index contributed by atoms with van der Waals surface area (Å²) >= 11 is 0. The summed E-state index contributed by atoms with van der Waals surface area (Å²) in [4.78, 5) is 34.4. The van der Waals surface area contributed by atoms with Gasteiger partial charge < -0.3 is 14.8 Å². The first-order valence-electron chi connectivity index (χ1n) is 13.0. The number of hydrogen-bond acceptors (Lipinski definition) is 7. The van der Waals surface area contributed by atoms with Gasteiger partial charge in [0.2, 0.25) is 5.88 Å². The fourth-order valence-corrected chi connectivity index (χ4v) is 4.45. The van der Waals surface area contributed by atoms with Crippen LogP contribution in [0.25, 0.3) is 0 Å². The lowest BCUT2D eigenvalue weighted by Crippen LogP contribution is -2.29. The van der Waals surface area contributed by atoms with Crippen molar-refractivity contribution >= 4 is 11.8 Å². The van der Waals surface area contributed by atoms with Crippen LogP contribution in [0.1, 0.15) is 61.9 Å². The molecule has 3 aromatic rings. The number of esters is 1. The quantitative estimate of drug-likeness (QED) is 0.259. The smallest absolute Gasteiger partial charge is 0.388 e. The highest BCUT2D eigenvalue weighted by Crippen LogP contribution is 2.24. The number of pyridine rings is 2. The van der Waals surface area contributed by atoms with Crippen molar-refractivity contribution in [2.24, 2.45) is 0 Å². The number of imidazole rings is 1. The number of carbonyl (C=O) groups is 1. The zero-order valence-corrected chi connectivity index (χ0v) is 21.4. The van der Waals surface area contributed by atoms with Crippen molar-refractivity contribution < 1.29 is 23.0 Å². The first kappa shape index (κ1) is 27.3. The SMILES string of the molecule is CCCCOC(=O)C[C@@H](c1ccc(OC(F)F)nc1)n1ccn(CCCc2ccc3c(n2)NCCC3)c1=O. The van der Waals surface area contributed by atoms with Gasteiger partial charge in [-0.1, -0.05) is 25.5 Å². The van der Waals surface area contributed by atoms with Gasteiger partial charge in [-0.2, -0.15) is 8.78 Å². The first-order chi connectivity index (χ1) is 18.4. The summed E-state index contributed by atoms with van der Waals surface area (Å²) in [6.45, 7) is 0.694. The van der Waals surface area contributed by atoms with Gasteiger partial charge in [-0.3, -0.25) is 13.9 Å². The number of ether oxygens (including phenoxy) is 2. The number of alkyl halides is 2. The number of fused-ring (bicyclic) bond motifs is 1. The van der Waals surface area contributed by atoms with Crippen molar-refractivity contribution in [3.8, 4) is 5.88 Å². The molecule has 0 spiro atoms. The highest BCUT2D eigenvalue weighted by atomic mass is 19.3. The maximum atomic E-state index is 13.3. The van der Waals surface area contributed by atoms with E-state index in [1.165, 1.54) is 28.5 Å². The Kier molecular flexibility index (Phi) is 9.45. The van der Waals surface area contributed by atoms with E-state index >= 15 is 0 Å². The van der Waals surface area contributed by atoms with Crippen molar-refractivity contribution in [1.29, 1.82) is 0 Å². The molecule has 0 radical (unpaired) electrons. The zero-order valence-electron chi connectivity index (χ0n) is 21.4. The van der Waals surface area contributed by atoms with Gasteiger partial charge >= 0.3 is 18.3 Å². The van der Waals surface area contributed by atoms with E-state index in [4.69, 9.17) is 9.72 Å². The van der Waals surface area contributed by atoms with E-state index in [1.807, 2.05) is 13.0 Å². The van der Waals surface area contributed by atoms with Gasteiger partial charge in [-0.05, 0) is 49.3 Å². The van der Waals surface area contributed by atoms with Crippen LogP contribution >= 0.6 is 0 Å². The number of unbranched alkanes of at least 4 members (excludes halogenated alkanes) is 1. The minimum absolute atomic E-state index is 0.101. The number of aromatic nitrogens is 4. The maximum absolute atomic E-state index is 13.3. The van der Waals surface area contributed by atoms with Crippen LogP contribution < -0.4 is 15.7 Å². The van der Waals surface area contributed by atoms with Crippen molar-refractivity contribution in [3.63, 3.8) is 0 Å². The molecule has 0 saturated carbocycles. The average Bonchev–Trinajstić information content (AvgIpc) is 3.27. The highest BCUT2D eigenvalue weighted by molar-refractivity contribution is 5.70. The van der Waals surface area contributed by atoms with E-state index in [-0.39, 0.29) is 18.0 Å². The zero-order chi connectivity index (χ0) is 26.9. The van der Waals surface area contributed by atoms with Crippen LogP contribution in [0.4, 0.5) is 14.6 Å². The van der Waals surface area contributed by atoms with Gasteiger partial charge in [0.15, 0.2) is 0 Å². The Morgan fingerprint density at radius 3 is 2.82 bits per heavy atom. The number of aryl methyl sites for hydroxylation is 3. The number of anilines is 1. The number of rotatable bonds is 13. The third-order valence-corrected chi connectivity index (χ3v) is 6.47. The van der Waals surface area contributed by atoms with E-state index in [9.17, 15) is 18.4 Å². The topological polar surface area (TPSA) is 100 Å². The molecular weight excluding hydrogens is 496 g/mol. The molecule has 11 heteroatoms. The molecule has 0 aromatic carbocycles. The summed E-state index contributed by atoms with van der Waals surface area (Å²) in [5, 5.41) is 3.34. The predicted molar refractivity (Wildman–Crippen MR) is 138 cm³/mol. The summed E-state index contributed by atoms with van der Waals surface area (Å²) in [6, 6.07) is 6.25. The molecule has 4 heterocycles. The molecule has 3 aromatic heterocycles. The van der Waals surface area contributed by atoms with Gasteiger partial charge in [0, 0.05) is 43.4 Å². The third-order valence-electron chi connectivity index (χ3n) is 6.47. The van der Waals surface area contributed by atoms with Crippen molar-refractivity contribution in [3.05, 3.63) is 70.2 Å². The molecule has 0 saturated heterocycles. The summed E-state index contributed by atoms with van der Waals surface area (Å²) in [5.41, 5.74) is 2.42. The van der Waals surface area contributed by atoms with Gasteiger partial charge in [-0.25, -0.2) is 14.8 Å². The Morgan fingerprint density at radius 2 is 2.05 bits per heavy atom. The third kappa shape index (κ3) is 7.17. The molecule has 0 unspecified atom stereocenters. The van der Waals surface area contributed by atoms with Crippen LogP contribution in [-0.4, -0.2) is 44.8 Å². The Morgan fingerprint density at radius 1 is 1.18 bits per heavy atom. The summed E-state index contributed by atoms with van der Waals surface area (Å²) in [6.07, 6.45) is 9.72. The predicted octanol–water partition coefficient (Wildman–Crippen LogP) is 4.35. The minimum Gasteiger partial charge on any atom is -0.466 e. The van der Waals surface area contributed by atoms with Gasteiger partial charge in [-0.15, -0.1) is 0 Å².